The second-order valence-corrected chi connectivity index (χ2v) is 6.64. The Morgan fingerprint density at radius 1 is 1.12 bits per heavy atom. The van der Waals surface area contributed by atoms with Crippen LogP contribution in [-0.2, 0) is 4.79 Å². The van der Waals surface area contributed by atoms with Crippen LogP contribution in [0.25, 0.3) is 0 Å². The average Bonchev–Trinajstić information content (AvgIpc) is 2.58. The molecule has 1 heterocycles. The van der Waals surface area contributed by atoms with Crippen molar-refractivity contribution in [2.45, 2.75) is 6.92 Å². The molecule has 2 N–H and O–H groups in total. The molecule has 1 aliphatic heterocycles. The third kappa shape index (κ3) is 4.08. The molecule has 0 bridgehead atoms. The number of carbonyl (C=O) groups is 1. The van der Waals surface area contributed by atoms with Gasteiger partial charge in [0.15, 0.2) is 6.54 Å². The van der Waals surface area contributed by atoms with Gasteiger partial charge in [-0.25, -0.2) is 0 Å². The van der Waals surface area contributed by atoms with Crippen LogP contribution in [-0.4, -0.2) is 38.6 Å². The fraction of sp³-hybridized carbons (Fsp3) is 0.316. The van der Waals surface area contributed by atoms with E-state index in [4.69, 9.17) is 11.6 Å². The van der Waals surface area contributed by atoms with E-state index < -0.39 is 0 Å². The van der Waals surface area contributed by atoms with Gasteiger partial charge in [-0.1, -0.05) is 41.9 Å². The van der Waals surface area contributed by atoms with Crippen LogP contribution in [0.2, 0.25) is 5.02 Å². The molecule has 0 spiro atoms. The molecule has 0 aliphatic carbocycles. The van der Waals surface area contributed by atoms with Gasteiger partial charge in [-0.05, 0) is 30.7 Å². The van der Waals surface area contributed by atoms with Crippen LogP contribution in [0.15, 0.2) is 48.5 Å². The Labute approximate surface area is 148 Å². The summed E-state index contributed by atoms with van der Waals surface area (Å²) in [5, 5.41) is 3.48. The quantitative estimate of drug-likeness (QED) is 0.890. The van der Waals surface area contributed by atoms with Crippen LogP contribution in [0.4, 0.5) is 11.4 Å². The van der Waals surface area contributed by atoms with Gasteiger partial charge in [0.1, 0.15) is 0 Å². The highest BCUT2D eigenvalue weighted by Crippen LogP contribution is 2.20. The Hall–Kier alpha value is -2.04. The Balaban J connectivity index is 1.51. The number of nitrogens with zero attached hydrogens (tertiary/aromatic N) is 1. The number of hydrogen-bond donors (Lipinski definition) is 2. The lowest BCUT2D eigenvalue weighted by molar-refractivity contribution is -0.892. The van der Waals surface area contributed by atoms with Crippen LogP contribution in [0.1, 0.15) is 5.56 Å². The molecule has 1 saturated heterocycles. The van der Waals surface area contributed by atoms with E-state index in [0.29, 0.717) is 17.3 Å². The zero-order valence-corrected chi connectivity index (χ0v) is 14.6. The number of quaternary nitrogens is 1. The summed E-state index contributed by atoms with van der Waals surface area (Å²) in [4.78, 5) is 16.0. The molecule has 4 nitrogen and oxygen atoms in total. The summed E-state index contributed by atoms with van der Waals surface area (Å²) >= 11 is 6.08. The first-order valence-corrected chi connectivity index (χ1v) is 8.70. The van der Waals surface area contributed by atoms with Crippen molar-refractivity contribution in [3.8, 4) is 0 Å². The molecule has 1 amide bonds. The van der Waals surface area contributed by atoms with Gasteiger partial charge in [-0.15, -0.1) is 0 Å². The van der Waals surface area contributed by atoms with Gasteiger partial charge in [0.2, 0.25) is 0 Å². The Kier molecular flexibility index (Phi) is 5.38. The van der Waals surface area contributed by atoms with Crippen molar-refractivity contribution in [2.75, 3.05) is 42.9 Å². The van der Waals surface area contributed by atoms with Gasteiger partial charge in [0.05, 0.1) is 36.9 Å². The predicted molar refractivity (Wildman–Crippen MR) is 99.0 cm³/mol. The molecule has 2 aromatic carbocycles. The van der Waals surface area contributed by atoms with E-state index in [1.807, 2.05) is 18.2 Å². The summed E-state index contributed by atoms with van der Waals surface area (Å²) in [5.74, 6) is 0.0161. The molecule has 0 unspecified atom stereocenters. The second kappa shape index (κ2) is 7.69. The number of hydrogen-bond acceptors (Lipinski definition) is 2. The molecule has 5 heteroatoms. The zero-order valence-electron chi connectivity index (χ0n) is 13.9. The fourth-order valence-electron chi connectivity index (χ4n) is 3.14. The van der Waals surface area contributed by atoms with Gasteiger partial charge in [-0.2, -0.15) is 0 Å². The van der Waals surface area contributed by atoms with Crippen molar-refractivity contribution in [1.29, 1.82) is 0 Å². The number of halogens is 1. The first kappa shape index (κ1) is 16.8. The highest BCUT2D eigenvalue weighted by atomic mass is 35.5. The molecule has 0 atom stereocenters. The molecule has 0 aromatic heterocycles. The number of aryl methyl sites for hydroxylation is 1. The molecule has 0 radical (unpaired) electrons. The molecular weight excluding hydrogens is 322 g/mol. The fourth-order valence-corrected chi connectivity index (χ4v) is 3.33. The highest BCUT2D eigenvalue weighted by Gasteiger charge is 2.23. The third-order valence-electron chi connectivity index (χ3n) is 4.49. The van der Waals surface area contributed by atoms with E-state index >= 15 is 0 Å². The van der Waals surface area contributed by atoms with Crippen LogP contribution in [0, 0.1) is 6.92 Å². The van der Waals surface area contributed by atoms with Crippen molar-refractivity contribution in [3.63, 3.8) is 0 Å². The number of para-hydroxylation sites is 2. The molecule has 24 heavy (non-hydrogen) atoms. The summed E-state index contributed by atoms with van der Waals surface area (Å²) in [6.45, 7) is 6.49. The number of amides is 1. The summed E-state index contributed by atoms with van der Waals surface area (Å²) < 4.78 is 0. The standard InChI is InChI=1S/C19H22ClN3O/c1-15-6-2-5-9-18(15)23-12-10-22(11-13-23)14-19(24)21-17-8-4-3-7-16(17)20/h2-9H,10-14H2,1H3,(H,21,24)/p+1. The largest absolute Gasteiger partial charge is 0.360 e. The molecule has 3 rings (SSSR count). The highest BCUT2D eigenvalue weighted by molar-refractivity contribution is 6.33. The maximum atomic E-state index is 12.2. The minimum absolute atomic E-state index is 0.0161. The maximum absolute atomic E-state index is 12.2. The third-order valence-corrected chi connectivity index (χ3v) is 4.81. The Morgan fingerprint density at radius 3 is 2.50 bits per heavy atom. The first-order chi connectivity index (χ1) is 11.6. The van der Waals surface area contributed by atoms with Crippen LogP contribution in [0.3, 0.4) is 0 Å². The number of piperazine rings is 1. The number of benzene rings is 2. The van der Waals surface area contributed by atoms with Crippen molar-refractivity contribution >= 4 is 28.9 Å². The lowest BCUT2D eigenvalue weighted by Gasteiger charge is -2.34. The van der Waals surface area contributed by atoms with Crippen molar-refractivity contribution in [2.24, 2.45) is 0 Å². The molecule has 1 fully saturated rings. The Bertz CT molecular complexity index is 711. The first-order valence-electron chi connectivity index (χ1n) is 8.32. The van der Waals surface area contributed by atoms with Gasteiger partial charge >= 0.3 is 0 Å². The number of anilines is 2. The molecule has 1 aliphatic rings. The maximum Gasteiger partial charge on any atom is 0.279 e. The smallest absolute Gasteiger partial charge is 0.279 e. The number of carbonyl (C=O) groups excluding carboxylic acids is 1. The minimum Gasteiger partial charge on any atom is -0.360 e. The number of nitrogens with one attached hydrogen (secondary N) is 2. The van der Waals surface area contributed by atoms with E-state index in [0.717, 1.165) is 26.2 Å². The van der Waals surface area contributed by atoms with Crippen LogP contribution in [0.5, 0.6) is 0 Å². The number of rotatable bonds is 4. The lowest BCUT2D eigenvalue weighted by atomic mass is 10.1. The second-order valence-electron chi connectivity index (χ2n) is 6.23. The van der Waals surface area contributed by atoms with E-state index in [1.165, 1.54) is 16.2 Å². The van der Waals surface area contributed by atoms with Crippen molar-refractivity contribution in [1.82, 2.24) is 0 Å². The topological polar surface area (TPSA) is 36.8 Å². The average molecular weight is 345 g/mol. The predicted octanol–water partition coefficient (Wildman–Crippen LogP) is 1.99. The van der Waals surface area contributed by atoms with E-state index in [2.05, 4.69) is 41.4 Å². The van der Waals surface area contributed by atoms with Gasteiger partial charge in [0, 0.05) is 5.69 Å². The van der Waals surface area contributed by atoms with Crippen LogP contribution >= 0.6 is 11.6 Å². The Morgan fingerprint density at radius 2 is 1.79 bits per heavy atom. The lowest BCUT2D eigenvalue weighted by Crippen LogP contribution is -3.15. The van der Waals surface area contributed by atoms with Gasteiger partial charge < -0.3 is 15.1 Å². The SMILES string of the molecule is Cc1ccccc1N1CC[NH+](CC(=O)Nc2ccccc2Cl)CC1. The van der Waals surface area contributed by atoms with Crippen molar-refractivity contribution < 1.29 is 9.69 Å². The normalized spacial score (nSPS) is 15.3. The summed E-state index contributed by atoms with van der Waals surface area (Å²) in [7, 11) is 0. The van der Waals surface area contributed by atoms with Gasteiger partial charge in [0.25, 0.3) is 5.91 Å². The van der Waals surface area contributed by atoms with E-state index in [-0.39, 0.29) is 5.91 Å². The molecule has 0 saturated carbocycles. The van der Waals surface area contributed by atoms with Crippen LogP contribution < -0.4 is 15.1 Å². The van der Waals surface area contributed by atoms with E-state index in [1.54, 1.807) is 6.07 Å². The molecule has 2 aromatic rings. The molecule has 126 valence electrons. The summed E-state index contributed by atoms with van der Waals surface area (Å²) in [5.41, 5.74) is 3.29. The summed E-state index contributed by atoms with van der Waals surface area (Å²) in [6.07, 6.45) is 0. The molecular formula is C19H23ClN3O+. The van der Waals surface area contributed by atoms with E-state index in [9.17, 15) is 4.79 Å². The summed E-state index contributed by atoms with van der Waals surface area (Å²) in [6, 6.07) is 15.8. The monoisotopic (exact) mass is 344 g/mol. The van der Waals surface area contributed by atoms with Crippen molar-refractivity contribution in [3.05, 3.63) is 59.1 Å². The van der Waals surface area contributed by atoms with Gasteiger partial charge in [-0.3, -0.25) is 4.79 Å². The zero-order chi connectivity index (χ0) is 16.9. The minimum atomic E-state index is 0.0161.